The number of para-hydroxylation sites is 1. The van der Waals surface area contributed by atoms with Crippen molar-refractivity contribution in [3.63, 3.8) is 0 Å². The first-order valence-electron chi connectivity index (χ1n) is 8.53. The number of hydrogen-bond donors (Lipinski definition) is 0. The van der Waals surface area contributed by atoms with Gasteiger partial charge in [-0.3, -0.25) is 4.79 Å². The summed E-state index contributed by atoms with van der Waals surface area (Å²) in [5, 5.41) is 4.11. The lowest BCUT2D eigenvalue weighted by molar-refractivity contribution is -0.132. The van der Waals surface area contributed by atoms with Crippen LogP contribution in [0.3, 0.4) is 0 Å². The topological polar surface area (TPSA) is 60.2 Å². The van der Waals surface area contributed by atoms with E-state index in [-0.39, 0.29) is 11.9 Å². The highest BCUT2D eigenvalue weighted by molar-refractivity contribution is 5.76. The van der Waals surface area contributed by atoms with Crippen molar-refractivity contribution in [2.45, 2.75) is 19.4 Å². The Morgan fingerprint density at radius 1 is 1.15 bits per heavy atom. The summed E-state index contributed by atoms with van der Waals surface area (Å²) in [4.78, 5) is 18.1. The second kappa shape index (κ2) is 8.29. The van der Waals surface area contributed by atoms with Crippen molar-refractivity contribution in [2.24, 2.45) is 0 Å². The molecule has 1 heterocycles. The fourth-order valence-electron chi connectivity index (χ4n) is 2.64. The summed E-state index contributed by atoms with van der Waals surface area (Å²) in [5.41, 5.74) is 2.00. The second-order valence-corrected chi connectivity index (χ2v) is 6.02. The van der Waals surface area contributed by atoms with Crippen molar-refractivity contribution in [1.82, 2.24) is 19.7 Å². The van der Waals surface area contributed by atoms with Crippen LogP contribution in [-0.2, 0) is 4.79 Å². The summed E-state index contributed by atoms with van der Waals surface area (Å²) < 4.78 is 7.30. The van der Waals surface area contributed by atoms with Gasteiger partial charge in [-0.1, -0.05) is 30.3 Å². The number of aromatic nitrogens is 3. The molecule has 0 saturated carbocycles. The maximum Gasteiger partial charge on any atom is 0.226 e. The predicted octanol–water partition coefficient (Wildman–Crippen LogP) is 3.26. The molecule has 3 rings (SSSR count). The molecule has 1 atom stereocenters. The van der Waals surface area contributed by atoms with Gasteiger partial charge in [0.05, 0.1) is 24.8 Å². The van der Waals surface area contributed by atoms with Gasteiger partial charge in [0.2, 0.25) is 5.91 Å². The van der Waals surface area contributed by atoms with Gasteiger partial charge >= 0.3 is 0 Å². The fraction of sp³-hybridized carbons (Fsp3) is 0.250. The molecule has 0 spiro atoms. The minimum Gasteiger partial charge on any atom is -0.493 e. The largest absolute Gasteiger partial charge is 0.493 e. The van der Waals surface area contributed by atoms with Gasteiger partial charge in [0, 0.05) is 7.05 Å². The molecule has 26 heavy (non-hydrogen) atoms. The van der Waals surface area contributed by atoms with Crippen molar-refractivity contribution >= 4 is 5.91 Å². The first kappa shape index (κ1) is 17.7. The zero-order chi connectivity index (χ0) is 18.4. The van der Waals surface area contributed by atoms with Gasteiger partial charge in [-0.2, -0.15) is 5.10 Å². The molecule has 0 aliphatic rings. The first-order chi connectivity index (χ1) is 12.6. The van der Waals surface area contributed by atoms with Crippen LogP contribution >= 0.6 is 0 Å². The number of ether oxygens (including phenoxy) is 1. The van der Waals surface area contributed by atoms with E-state index >= 15 is 0 Å². The number of benzene rings is 2. The summed E-state index contributed by atoms with van der Waals surface area (Å²) in [6, 6.07) is 17.4. The van der Waals surface area contributed by atoms with E-state index in [2.05, 4.69) is 10.1 Å². The fourth-order valence-corrected chi connectivity index (χ4v) is 2.64. The Hall–Kier alpha value is -3.15. The van der Waals surface area contributed by atoms with Crippen LogP contribution in [0.15, 0.2) is 67.3 Å². The molecular weight excluding hydrogens is 328 g/mol. The van der Waals surface area contributed by atoms with E-state index in [0.29, 0.717) is 13.0 Å². The molecule has 134 valence electrons. The molecule has 0 bridgehead atoms. The third kappa shape index (κ3) is 4.27. The smallest absolute Gasteiger partial charge is 0.226 e. The van der Waals surface area contributed by atoms with E-state index in [0.717, 1.165) is 17.0 Å². The van der Waals surface area contributed by atoms with Gasteiger partial charge in [-0.05, 0) is 36.8 Å². The molecule has 1 aromatic heterocycles. The van der Waals surface area contributed by atoms with Crippen LogP contribution in [0.25, 0.3) is 5.69 Å². The van der Waals surface area contributed by atoms with Gasteiger partial charge < -0.3 is 9.64 Å². The molecule has 6 heteroatoms. The summed E-state index contributed by atoms with van der Waals surface area (Å²) in [6.07, 6.45) is 3.49. The Balaban J connectivity index is 1.54. The van der Waals surface area contributed by atoms with Crippen LogP contribution in [0.5, 0.6) is 5.75 Å². The molecule has 6 nitrogen and oxygen atoms in total. The van der Waals surface area contributed by atoms with Gasteiger partial charge in [0.15, 0.2) is 0 Å². The van der Waals surface area contributed by atoms with Gasteiger partial charge in [-0.15, -0.1) is 0 Å². The molecule has 1 amide bonds. The van der Waals surface area contributed by atoms with E-state index in [4.69, 9.17) is 4.74 Å². The molecule has 0 unspecified atom stereocenters. The average Bonchev–Trinajstić information content (AvgIpc) is 3.22. The van der Waals surface area contributed by atoms with Gasteiger partial charge in [0.25, 0.3) is 0 Å². The van der Waals surface area contributed by atoms with Crippen molar-refractivity contribution in [3.05, 3.63) is 72.8 Å². The second-order valence-electron chi connectivity index (χ2n) is 6.02. The maximum atomic E-state index is 12.4. The van der Waals surface area contributed by atoms with Crippen LogP contribution < -0.4 is 4.74 Å². The Morgan fingerprint density at radius 2 is 1.88 bits per heavy atom. The van der Waals surface area contributed by atoms with E-state index in [1.807, 2.05) is 68.6 Å². The van der Waals surface area contributed by atoms with Crippen molar-refractivity contribution in [1.29, 1.82) is 0 Å². The quantitative estimate of drug-likeness (QED) is 0.656. The molecule has 0 N–H and O–H groups in total. The molecule has 0 aliphatic heterocycles. The molecule has 3 aromatic rings. The standard InChI is InChI=1S/C20H22N4O2/c1-16(17-8-10-18(11-9-17)24-15-21-14-22-24)23(2)20(25)12-13-26-19-6-4-3-5-7-19/h3-11,14-16H,12-13H2,1-2H3/t16-/m1/s1. The van der Waals surface area contributed by atoms with Crippen LogP contribution in [0.4, 0.5) is 0 Å². The number of carbonyl (C=O) groups excluding carboxylic acids is 1. The van der Waals surface area contributed by atoms with Crippen LogP contribution in [0.1, 0.15) is 24.9 Å². The van der Waals surface area contributed by atoms with E-state index in [1.165, 1.54) is 6.33 Å². The van der Waals surface area contributed by atoms with Crippen LogP contribution in [0.2, 0.25) is 0 Å². The summed E-state index contributed by atoms with van der Waals surface area (Å²) in [7, 11) is 1.82. The zero-order valence-electron chi connectivity index (χ0n) is 14.9. The molecule has 0 radical (unpaired) electrons. The lowest BCUT2D eigenvalue weighted by atomic mass is 10.1. The highest BCUT2D eigenvalue weighted by atomic mass is 16.5. The van der Waals surface area contributed by atoms with Gasteiger partial charge in [-0.25, -0.2) is 9.67 Å². The van der Waals surface area contributed by atoms with Gasteiger partial charge in [0.1, 0.15) is 18.4 Å². The first-order valence-corrected chi connectivity index (χ1v) is 8.53. The number of carbonyl (C=O) groups is 1. The monoisotopic (exact) mass is 350 g/mol. The number of hydrogen-bond acceptors (Lipinski definition) is 4. The number of nitrogens with zero attached hydrogens (tertiary/aromatic N) is 4. The van der Waals surface area contributed by atoms with E-state index in [1.54, 1.807) is 15.9 Å². The normalized spacial score (nSPS) is 11.8. The van der Waals surface area contributed by atoms with Crippen LogP contribution in [0, 0.1) is 0 Å². The van der Waals surface area contributed by atoms with E-state index < -0.39 is 0 Å². The Kier molecular flexibility index (Phi) is 5.63. The van der Waals surface area contributed by atoms with Crippen LogP contribution in [-0.4, -0.2) is 39.2 Å². The van der Waals surface area contributed by atoms with Crippen molar-refractivity contribution in [2.75, 3.05) is 13.7 Å². The highest BCUT2D eigenvalue weighted by Gasteiger charge is 2.17. The Labute approximate surface area is 153 Å². The lowest BCUT2D eigenvalue weighted by Crippen LogP contribution is -2.30. The SMILES string of the molecule is C[C@H](c1ccc(-n2cncn2)cc1)N(C)C(=O)CCOc1ccccc1. The highest BCUT2D eigenvalue weighted by Crippen LogP contribution is 2.21. The molecule has 2 aromatic carbocycles. The lowest BCUT2D eigenvalue weighted by Gasteiger charge is -2.25. The molecule has 0 fully saturated rings. The third-order valence-electron chi connectivity index (χ3n) is 4.36. The Bertz CT molecular complexity index is 817. The minimum absolute atomic E-state index is 0.0241. The summed E-state index contributed by atoms with van der Waals surface area (Å²) in [5.74, 6) is 0.827. The summed E-state index contributed by atoms with van der Waals surface area (Å²) in [6.45, 7) is 2.38. The molecule has 0 aliphatic carbocycles. The number of rotatable bonds is 7. The summed E-state index contributed by atoms with van der Waals surface area (Å²) >= 11 is 0. The van der Waals surface area contributed by atoms with Crippen molar-refractivity contribution < 1.29 is 9.53 Å². The zero-order valence-corrected chi connectivity index (χ0v) is 14.9. The van der Waals surface area contributed by atoms with Crippen molar-refractivity contribution in [3.8, 4) is 11.4 Å². The van der Waals surface area contributed by atoms with E-state index in [9.17, 15) is 4.79 Å². The minimum atomic E-state index is -0.0241. The average molecular weight is 350 g/mol. The Morgan fingerprint density at radius 3 is 2.54 bits per heavy atom. The number of amides is 1. The molecular formula is C20H22N4O2. The third-order valence-corrected chi connectivity index (χ3v) is 4.36. The predicted molar refractivity (Wildman–Crippen MR) is 99.1 cm³/mol. The maximum absolute atomic E-state index is 12.4. The molecule has 0 saturated heterocycles.